The van der Waals surface area contributed by atoms with Gasteiger partial charge in [0.2, 0.25) is 0 Å². The van der Waals surface area contributed by atoms with E-state index < -0.39 is 0 Å². The molecule has 0 bridgehead atoms. The van der Waals surface area contributed by atoms with Crippen LogP contribution in [-0.2, 0) is 9.47 Å². The predicted octanol–water partition coefficient (Wildman–Crippen LogP) is 5.22. The van der Waals surface area contributed by atoms with Gasteiger partial charge in [-0.05, 0) is 59.0 Å². The van der Waals surface area contributed by atoms with Crippen LogP contribution in [-0.4, -0.2) is 52.6 Å². The molecule has 4 rings (SSSR count). The lowest BCUT2D eigenvalue weighted by molar-refractivity contribution is 0.109. The van der Waals surface area contributed by atoms with Crippen LogP contribution in [0.15, 0.2) is 45.3 Å². The van der Waals surface area contributed by atoms with Crippen LogP contribution in [0.4, 0.5) is 14.5 Å². The summed E-state index contributed by atoms with van der Waals surface area (Å²) in [4.78, 5) is 2.01. The minimum Gasteiger partial charge on any atom is -0.379 e. The second-order valence-electron chi connectivity index (χ2n) is 6.12. The standard InChI is InChI=1S/C10H11BrFNO.C6H3BrFI.C4H9NO/c11-8-1-2-10(9(12)7-8)13-3-5-14-6-4-13;7-4-1-2-6(9)5(8)3-4;1-3-6-4-2-5-1/h1-2,7H,3-6H2;1-3H;5H,1-4H2. The molecule has 0 radical (unpaired) electrons. The Morgan fingerprint density at radius 2 is 1.38 bits per heavy atom. The number of anilines is 1. The molecule has 0 aliphatic carbocycles. The van der Waals surface area contributed by atoms with E-state index in [1.807, 2.05) is 39.6 Å². The van der Waals surface area contributed by atoms with Crippen LogP contribution in [0.2, 0.25) is 0 Å². The fourth-order valence-electron chi connectivity index (χ4n) is 2.53. The van der Waals surface area contributed by atoms with E-state index in [4.69, 9.17) is 9.47 Å². The largest absolute Gasteiger partial charge is 0.379 e. The van der Waals surface area contributed by atoms with E-state index in [9.17, 15) is 8.78 Å². The first-order chi connectivity index (χ1) is 14.0. The summed E-state index contributed by atoms with van der Waals surface area (Å²) in [7, 11) is 0. The van der Waals surface area contributed by atoms with Gasteiger partial charge in [0, 0.05) is 38.7 Å². The maximum Gasteiger partial charge on any atom is 0.147 e. The fraction of sp³-hybridized carbons (Fsp3) is 0.400. The van der Waals surface area contributed by atoms with Gasteiger partial charge in [-0.1, -0.05) is 31.9 Å². The molecule has 2 aromatic rings. The number of nitrogens with one attached hydrogen (secondary N) is 1. The average molecular weight is 648 g/mol. The summed E-state index contributed by atoms with van der Waals surface area (Å²) in [6.45, 7) is 6.71. The Hall–Kier alpha value is -0.330. The molecule has 29 heavy (non-hydrogen) atoms. The van der Waals surface area contributed by atoms with Crippen LogP contribution in [0.5, 0.6) is 0 Å². The number of halogens is 5. The summed E-state index contributed by atoms with van der Waals surface area (Å²) in [6.07, 6.45) is 0. The Morgan fingerprint density at radius 1 is 0.828 bits per heavy atom. The van der Waals surface area contributed by atoms with Crippen molar-refractivity contribution >= 4 is 60.1 Å². The van der Waals surface area contributed by atoms with Gasteiger partial charge in [-0.3, -0.25) is 0 Å². The molecule has 0 amide bonds. The molecule has 0 spiro atoms. The molecular weight excluding hydrogens is 625 g/mol. The molecule has 0 aromatic heterocycles. The van der Waals surface area contributed by atoms with Crippen molar-refractivity contribution in [2.24, 2.45) is 0 Å². The number of rotatable bonds is 1. The number of ether oxygens (including phenoxy) is 2. The normalized spacial score (nSPS) is 16.2. The Balaban J connectivity index is 0.000000171. The fourth-order valence-corrected chi connectivity index (χ4v) is 3.53. The second kappa shape index (κ2) is 13.9. The highest BCUT2D eigenvalue weighted by Crippen LogP contribution is 2.23. The van der Waals surface area contributed by atoms with Crippen LogP contribution < -0.4 is 10.2 Å². The third kappa shape index (κ3) is 9.56. The van der Waals surface area contributed by atoms with Gasteiger partial charge in [-0.2, -0.15) is 0 Å². The van der Waals surface area contributed by atoms with Crippen molar-refractivity contribution in [3.8, 4) is 0 Å². The lowest BCUT2D eigenvalue weighted by Gasteiger charge is -2.29. The Kier molecular flexibility index (Phi) is 11.9. The van der Waals surface area contributed by atoms with E-state index in [0.29, 0.717) is 22.5 Å². The van der Waals surface area contributed by atoms with Gasteiger partial charge in [0.25, 0.3) is 0 Å². The molecule has 2 aliphatic heterocycles. The van der Waals surface area contributed by atoms with E-state index in [1.165, 1.54) is 12.1 Å². The van der Waals surface area contributed by atoms with Gasteiger partial charge in [-0.15, -0.1) is 0 Å². The number of morpholine rings is 2. The summed E-state index contributed by atoms with van der Waals surface area (Å²) in [5.74, 6) is -0.355. The summed E-state index contributed by atoms with van der Waals surface area (Å²) in [5.41, 5.74) is 0.663. The zero-order valence-corrected chi connectivity index (χ0v) is 21.1. The van der Waals surface area contributed by atoms with Gasteiger partial charge < -0.3 is 19.7 Å². The number of hydrogen-bond acceptors (Lipinski definition) is 4. The molecule has 2 fully saturated rings. The average Bonchev–Trinajstić information content (AvgIpc) is 2.74. The number of benzene rings is 2. The first-order valence-electron chi connectivity index (χ1n) is 9.14. The highest BCUT2D eigenvalue weighted by Gasteiger charge is 2.14. The second-order valence-corrected chi connectivity index (χ2v) is 9.11. The van der Waals surface area contributed by atoms with Crippen molar-refractivity contribution < 1.29 is 18.3 Å². The maximum atomic E-state index is 13.5. The monoisotopic (exact) mass is 646 g/mol. The first-order valence-corrected chi connectivity index (χ1v) is 11.8. The first kappa shape index (κ1) is 24.9. The molecule has 9 heteroatoms. The predicted molar refractivity (Wildman–Crippen MR) is 128 cm³/mol. The summed E-state index contributed by atoms with van der Waals surface area (Å²) in [5, 5.41) is 3.16. The minimum atomic E-state index is -0.179. The molecule has 2 aliphatic rings. The number of hydrogen-bond donors (Lipinski definition) is 1. The molecule has 160 valence electrons. The van der Waals surface area contributed by atoms with Crippen LogP contribution in [0.3, 0.4) is 0 Å². The van der Waals surface area contributed by atoms with Crippen molar-refractivity contribution in [3.05, 3.63) is 60.5 Å². The van der Waals surface area contributed by atoms with Crippen LogP contribution in [0.1, 0.15) is 0 Å². The lowest BCUT2D eigenvalue weighted by atomic mass is 10.2. The summed E-state index contributed by atoms with van der Waals surface area (Å²) >= 11 is 8.34. The highest BCUT2D eigenvalue weighted by atomic mass is 127. The Labute approximate surface area is 200 Å². The van der Waals surface area contributed by atoms with Crippen molar-refractivity contribution in [3.63, 3.8) is 0 Å². The van der Waals surface area contributed by atoms with Crippen molar-refractivity contribution in [1.29, 1.82) is 0 Å². The van der Waals surface area contributed by atoms with Gasteiger partial charge in [0.15, 0.2) is 0 Å². The molecule has 2 saturated heterocycles. The molecule has 2 heterocycles. The third-order valence-corrected chi connectivity index (χ3v) is 5.85. The van der Waals surface area contributed by atoms with Gasteiger partial charge in [-0.25, -0.2) is 8.78 Å². The molecule has 0 atom stereocenters. The van der Waals surface area contributed by atoms with Crippen molar-refractivity contribution in [2.45, 2.75) is 0 Å². The number of nitrogens with zero attached hydrogens (tertiary/aromatic N) is 1. The van der Waals surface area contributed by atoms with Crippen molar-refractivity contribution in [2.75, 3.05) is 57.5 Å². The smallest absolute Gasteiger partial charge is 0.147 e. The molecule has 0 saturated carbocycles. The van der Waals surface area contributed by atoms with E-state index in [2.05, 4.69) is 37.2 Å². The lowest BCUT2D eigenvalue weighted by Crippen LogP contribution is -2.36. The quantitative estimate of drug-likeness (QED) is 0.340. The van der Waals surface area contributed by atoms with E-state index in [0.717, 1.165) is 48.3 Å². The molecule has 1 N–H and O–H groups in total. The zero-order chi connectivity index (χ0) is 21.1. The Bertz CT molecular complexity index is 750. The molecule has 2 aromatic carbocycles. The van der Waals surface area contributed by atoms with Crippen molar-refractivity contribution in [1.82, 2.24) is 5.32 Å². The topological polar surface area (TPSA) is 33.7 Å². The maximum absolute atomic E-state index is 13.5. The van der Waals surface area contributed by atoms with E-state index in [1.54, 1.807) is 12.1 Å². The van der Waals surface area contributed by atoms with Gasteiger partial charge in [0.05, 0.1) is 32.1 Å². The molecular formula is C20H23Br2F2IN2O2. The summed E-state index contributed by atoms with van der Waals surface area (Å²) < 4.78 is 38.5. The third-order valence-electron chi connectivity index (χ3n) is 3.99. The highest BCUT2D eigenvalue weighted by molar-refractivity contribution is 14.1. The summed E-state index contributed by atoms with van der Waals surface area (Å²) in [6, 6.07) is 10.1. The van der Waals surface area contributed by atoms with Crippen LogP contribution in [0.25, 0.3) is 0 Å². The molecule has 0 unspecified atom stereocenters. The Morgan fingerprint density at radius 3 is 1.83 bits per heavy atom. The minimum absolute atomic E-state index is 0.176. The zero-order valence-electron chi connectivity index (χ0n) is 15.8. The molecule has 4 nitrogen and oxygen atoms in total. The van der Waals surface area contributed by atoms with Crippen LogP contribution >= 0.6 is 54.5 Å². The SMILES string of the molecule is C1COCCN1.Fc1cc(Br)ccc1I.Fc1cc(Br)ccc1N1CCOCC1. The van der Waals surface area contributed by atoms with E-state index >= 15 is 0 Å². The van der Waals surface area contributed by atoms with Crippen LogP contribution in [0, 0.1) is 15.2 Å². The van der Waals surface area contributed by atoms with Gasteiger partial charge >= 0.3 is 0 Å². The van der Waals surface area contributed by atoms with Gasteiger partial charge in [0.1, 0.15) is 11.6 Å². The van der Waals surface area contributed by atoms with E-state index in [-0.39, 0.29) is 11.6 Å².